The molecule has 1 aliphatic carbocycles. The summed E-state index contributed by atoms with van der Waals surface area (Å²) in [5, 5.41) is 1.02. The summed E-state index contributed by atoms with van der Waals surface area (Å²) in [4.78, 5) is 36.8. The molecule has 20 heteroatoms. The van der Waals surface area contributed by atoms with Gasteiger partial charge in [0.2, 0.25) is 0 Å². The first-order valence-corrected chi connectivity index (χ1v) is 12.3. The van der Waals surface area contributed by atoms with Crippen LogP contribution in [0.1, 0.15) is 45.4 Å². The Hall–Kier alpha value is -2.57. The highest BCUT2D eigenvalue weighted by Crippen LogP contribution is 2.50. The lowest BCUT2D eigenvalue weighted by Crippen LogP contribution is -2.61. The van der Waals surface area contributed by atoms with Crippen molar-refractivity contribution in [3.63, 3.8) is 0 Å². The number of nitrogens with one attached hydrogen (secondary N) is 1. The van der Waals surface area contributed by atoms with Crippen molar-refractivity contribution in [1.29, 1.82) is 0 Å². The molecule has 4 unspecified atom stereocenters. The summed E-state index contributed by atoms with van der Waals surface area (Å²) in [5.41, 5.74) is 0. The molecule has 0 radical (unpaired) electrons. The fourth-order valence-electron chi connectivity index (χ4n) is 4.97. The van der Waals surface area contributed by atoms with Gasteiger partial charge in [-0.3, -0.25) is 9.59 Å². The van der Waals surface area contributed by atoms with Crippen LogP contribution in [0.5, 0.6) is 0 Å². The van der Waals surface area contributed by atoms with Crippen LogP contribution in [0.3, 0.4) is 0 Å². The molecule has 1 saturated carbocycles. The first-order chi connectivity index (χ1) is 18.9. The van der Waals surface area contributed by atoms with Gasteiger partial charge in [-0.25, -0.2) is 4.79 Å². The van der Waals surface area contributed by atoms with E-state index < -0.39 is 97.3 Å². The molecule has 2 fully saturated rings. The fraction of sp³-hybridized carbons (Fsp3) is 0.864. The van der Waals surface area contributed by atoms with Gasteiger partial charge in [0.1, 0.15) is 6.04 Å². The van der Waals surface area contributed by atoms with Crippen LogP contribution in [0.4, 0.5) is 61.5 Å². The third-order valence-corrected chi connectivity index (χ3v) is 7.11. The number of likely N-dealkylation sites (tertiary alicyclic amines) is 1. The highest BCUT2D eigenvalue weighted by molar-refractivity contribution is 5.89. The topological polar surface area (TPSA) is 75.7 Å². The zero-order valence-corrected chi connectivity index (χ0v) is 21.3. The average molecular weight is 646 g/mol. The summed E-state index contributed by atoms with van der Waals surface area (Å²) in [6, 6.07) is -3.84. The largest absolute Gasteiger partial charge is 0.464 e. The Labute approximate surface area is 228 Å². The Morgan fingerprint density at radius 2 is 1.31 bits per heavy atom. The van der Waals surface area contributed by atoms with E-state index in [9.17, 15) is 75.8 Å². The summed E-state index contributed by atoms with van der Waals surface area (Å²) >= 11 is 0. The van der Waals surface area contributed by atoms with Crippen LogP contribution >= 0.6 is 0 Å². The first-order valence-electron chi connectivity index (χ1n) is 12.3. The van der Waals surface area contributed by atoms with E-state index in [0.717, 1.165) is 5.32 Å². The number of fused-ring (bicyclic) bond motifs is 1. The van der Waals surface area contributed by atoms with Crippen molar-refractivity contribution in [1.82, 2.24) is 10.2 Å². The third kappa shape index (κ3) is 6.35. The van der Waals surface area contributed by atoms with Crippen LogP contribution in [0.2, 0.25) is 0 Å². The minimum Gasteiger partial charge on any atom is -0.464 e. The average Bonchev–Trinajstić information content (AvgIpc) is 3.22. The van der Waals surface area contributed by atoms with Gasteiger partial charge in [0, 0.05) is 12.6 Å². The molecule has 42 heavy (non-hydrogen) atoms. The van der Waals surface area contributed by atoms with E-state index in [1.807, 2.05) is 0 Å². The van der Waals surface area contributed by atoms with Crippen LogP contribution in [0, 0.1) is 11.8 Å². The van der Waals surface area contributed by atoms with E-state index in [4.69, 9.17) is 0 Å². The Balaban J connectivity index is 2.41. The van der Waals surface area contributed by atoms with Gasteiger partial charge in [-0.2, -0.15) is 61.5 Å². The second-order valence-corrected chi connectivity index (χ2v) is 9.96. The highest BCUT2D eigenvalue weighted by Gasteiger charge is 2.78. The summed E-state index contributed by atoms with van der Waals surface area (Å²) < 4.78 is 190. The molecule has 4 atom stereocenters. The zero-order valence-electron chi connectivity index (χ0n) is 21.3. The van der Waals surface area contributed by atoms with Crippen molar-refractivity contribution in [2.45, 2.75) is 93.6 Å². The molecule has 2 amide bonds. The summed E-state index contributed by atoms with van der Waals surface area (Å²) in [6.45, 7) is -0.122. The fourth-order valence-corrected chi connectivity index (χ4v) is 4.97. The second-order valence-electron chi connectivity index (χ2n) is 9.96. The van der Waals surface area contributed by atoms with Gasteiger partial charge in [-0.1, -0.05) is 19.8 Å². The predicted octanol–water partition coefficient (Wildman–Crippen LogP) is 5.50. The molecule has 0 spiro atoms. The van der Waals surface area contributed by atoms with E-state index in [-0.39, 0.29) is 37.0 Å². The molecule has 0 aromatic rings. The van der Waals surface area contributed by atoms with E-state index in [1.165, 1.54) is 6.92 Å². The minimum absolute atomic E-state index is 0.0107. The molecule has 1 saturated heterocycles. The summed E-state index contributed by atoms with van der Waals surface area (Å²) in [7, 11) is 0. The lowest BCUT2D eigenvalue weighted by atomic mass is 9.77. The SMILES string of the molecule is CCCOC(=O)C(CC1CN(C(=O)C(F)(F)C(F)(F)C(F)(F)F)C2CCCCC12)NC(=O)C(F)(F)C(F)(F)C(F)(F)F. The van der Waals surface area contributed by atoms with E-state index >= 15 is 0 Å². The molecule has 2 rings (SSSR count). The predicted molar refractivity (Wildman–Crippen MR) is 111 cm³/mol. The van der Waals surface area contributed by atoms with Crippen LogP contribution in [-0.2, 0) is 19.1 Å². The maximum absolute atomic E-state index is 14.2. The number of amides is 2. The number of esters is 1. The lowest BCUT2D eigenvalue weighted by Gasteiger charge is -2.36. The lowest BCUT2D eigenvalue weighted by molar-refractivity contribution is -0.346. The minimum atomic E-state index is -6.92. The number of hydrogen-bond acceptors (Lipinski definition) is 4. The van der Waals surface area contributed by atoms with Gasteiger partial charge in [0.15, 0.2) is 0 Å². The van der Waals surface area contributed by atoms with Crippen molar-refractivity contribution < 1.29 is 80.6 Å². The summed E-state index contributed by atoms with van der Waals surface area (Å²) in [5.74, 6) is -36.8. The van der Waals surface area contributed by atoms with E-state index in [1.54, 1.807) is 0 Å². The highest BCUT2D eigenvalue weighted by atomic mass is 19.4. The molecule has 244 valence electrons. The van der Waals surface area contributed by atoms with Crippen LogP contribution in [0.15, 0.2) is 0 Å². The monoisotopic (exact) mass is 646 g/mol. The number of hydrogen-bond donors (Lipinski definition) is 1. The maximum atomic E-state index is 14.2. The molecule has 0 aromatic heterocycles. The third-order valence-electron chi connectivity index (χ3n) is 7.11. The van der Waals surface area contributed by atoms with E-state index in [2.05, 4.69) is 4.74 Å². The van der Waals surface area contributed by atoms with Crippen molar-refractivity contribution in [2.75, 3.05) is 13.2 Å². The molecule has 1 N–H and O–H groups in total. The zero-order chi connectivity index (χ0) is 32.7. The number of nitrogens with zero attached hydrogens (tertiary/aromatic N) is 1. The molecule has 0 aromatic carbocycles. The standard InChI is InChI=1S/C22H24F14N2O4/c1-2-7-42-14(39)12(37-15(40)17(23,24)19(27,28)21(31,32)33)8-10-9-38(13-6-4-3-5-11(10)13)16(41)18(25,26)20(29,30)22(34,35)36/h10-13H,2-9H2,1H3,(H,37,40). The van der Waals surface area contributed by atoms with Gasteiger partial charge in [0.05, 0.1) is 6.61 Å². The Kier molecular flexibility index (Phi) is 10.0. The molecule has 1 heterocycles. The molecular weight excluding hydrogens is 622 g/mol. The number of halogens is 14. The van der Waals surface area contributed by atoms with Gasteiger partial charge in [-0.15, -0.1) is 0 Å². The Bertz CT molecular complexity index is 1010. The van der Waals surface area contributed by atoms with E-state index in [0.29, 0.717) is 0 Å². The smallest absolute Gasteiger partial charge is 0.460 e. The molecule has 2 aliphatic rings. The van der Waals surface area contributed by atoms with Crippen molar-refractivity contribution in [2.24, 2.45) is 11.8 Å². The quantitative estimate of drug-likeness (QED) is 0.252. The van der Waals surface area contributed by atoms with Gasteiger partial charge in [-0.05, 0) is 37.5 Å². The van der Waals surface area contributed by atoms with Crippen LogP contribution in [0.25, 0.3) is 0 Å². The van der Waals surface area contributed by atoms with Crippen LogP contribution < -0.4 is 5.32 Å². The van der Waals surface area contributed by atoms with Crippen molar-refractivity contribution >= 4 is 17.8 Å². The van der Waals surface area contributed by atoms with Crippen LogP contribution in [-0.4, -0.2) is 84.0 Å². The second kappa shape index (κ2) is 11.8. The first kappa shape index (κ1) is 35.6. The molecule has 1 aliphatic heterocycles. The van der Waals surface area contributed by atoms with Crippen molar-refractivity contribution in [3.05, 3.63) is 0 Å². The normalized spacial score (nSPS) is 23.3. The Morgan fingerprint density at radius 1 is 0.810 bits per heavy atom. The maximum Gasteiger partial charge on any atom is 0.460 e. The number of ether oxygens (including phenoxy) is 1. The number of carbonyl (C=O) groups is 3. The number of rotatable bonds is 10. The molecule has 6 nitrogen and oxygen atoms in total. The number of alkyl halides is 14. The molecule has 0 bridgehead atoms. The molecular formula is C22H24F14N2O4. The van der Waals surface area contributed by atoms with Crippen molar-refractivity contribution in [3.8, 4) is 0 Å². The van der Waals surface area contributed by atoms with Gasteiger partial charge in [0.25, 0.3) is 11.8 Å². The van der Waals surface area contributed by atoms with Gasteiger partial charge >= 0.3 is 42.0 Å². The summed E-state index contributed by atoms with van der Waals surface area (Å²) in [6.07, 6.45) is -14.5. The number of carbonyl (C=O) groups excluding carboxylic acids is 3. The Morgan fingerprint density at radius 3 is 1.81 bits per heavy atom. The van der Waals surface area contributed by atoms with Gasteiger partial charge < -0.3 is 15.0 Å².